The van der Waals surface area contributed by atoms with Crippen molar-refractivity contribution in [3.8, 4) is 0 Å². The number of nitrogens with one attached hydrogen (secondary N) is 1. The summed E-state index contributed by atoms with van der Waals surface area (Å²) in [5.41, 5.74) is 7.66. The van der Waals surface area contributed by atoms with E-state index in [-0.39, 0.29) is 40.6 Å². The molecule has 0 aliphatic heterocycles. The van der Waals surface area contributed by atoms with Crippen molar-refractivity contribution < 1.29 is 19.1 Å². The van der Waals surface area contributed by atoms with Crippen LogP contribution in [0.5, 0.6) is 0 Å². The monoisotopic (exact) mass is 564 g/mol. The van der Waals surface area contributed by atoms with Gasteiger partial charge in [0.25, 0.3) is 0 Å². The Balaban J connectivity index is 1.19. The van der Waals surface area contributed by atoms with E-state index >= 15 is 0 Å². The molecule has 3 N–H and O–H groups in total. The van der Waals surface area contributed by atoms with E-state index in [0.29, 0.717) is 30.0 Å². The molecule has 6 nitrogen and oxygen atoms in total. The first-order valence-corrected chi connectivity index (χ1v) is 16.2. The lowest BCUT2D eigenvalue weighted by Gasteiger charge is -2.61. The van der Waals surface area contributed by atoms with Crippen LogP contribution in [-0.2, 0) is 25.5 Å². The molecule has 0 bridgehead atoms. The number of amides is 1. The molecule has 1 aromatic carbocycles. The molecule has 1 aromatic rings. The summed E-state index contributed by atoms with van der Waals surface area (Å²) in [6, 6.07) is 8.27. The fourth-order valence-corrected chi connectivity index (χ4v) is 9.95. The van der Waals surface area contributed by atoms with Gasteiger partial charge in [-0.15, -0.1) is 0 Å². The number of carbonyl (C=O) groups excluding carboxylic acids is 3. The molecule has 10 atom stereocenters. The second-order valence-electron chi connectivity index (χ2n) is 14.8. The number of carbonyl (C=O) groups is 3. The van der Waals surface area contributed by atoms with Gasteiger partial charge >= 0.3 is 5.97 Å². The minimum absolute atomic E-state index is 0.0959. The average molecular weight is 565 g/mol. The van der Waals surface area contributed by atoms with E-state index in [1.165, 1.54) is 32.1 Å². The van der Waals surface area contributed by atoms with Crippen LogP contribution in [0.1, 0.15) is 98.0 Å². The number of esters is 1. The smallest absolute Gasteiger partial charge is 0.329 e. The number of benzene rings is 1. The summed E-state index contributed by atoms with van der Waals surface area (Å²) < 4.78 is 6.14. The second kappa shape index (κ2) is 11.8. The standard InChI is InChI=1S/C35H52N2O4/c1-21(2)31(37-32(39)30(36)19-23-9-7-6-8-10-23)33(40)41-25-15-17-34(4)24(20-25)11-12-26-28-14-13-27(22(3)38)35(28,5)18-16-29(26)34/h6-10,21,24-31H,11-20,36H2,1-5H3,(H,37,39)/t24-,25+,26-,27+,28-,29-,30-,31-,34-,35+/m0/s1. The molecule has 0 saturated heterocycles. The van der Waals surface area contributed by atoms with Crippen LogP contribution in [0.15, 0.2) is 30.3 Å². The molecule has 1 amide bonds. The predicted molar refractivity (Wildman–Crippen MR) is 161 cm³/mol. The first kappa shape index (κ1) is 30.3. The lowest BCUT2D eigenvalue weighted by Crippen LogP contribution is -2.55. The molecule has 5 rings (SSSR count). The van der Waals surface area contributed by atoms with Crippen LogP contribution in [0, 0.1) is 46.3 Å². The summed E-state index contributed by atoms with van der Waals surface area (Å²) in [5, 5.41) is 2.90. The van der Waals surface area contributed by atoms with Gasteiger partial charge < -0.3 is 15.8 Å². The molecule has 4 aliphatic rings. The highest BCUT2D eigenvalue weighted by Crippen LogP contribution is 2.67. The fraction of sp³-hybridized carbons (Fsp3) is 0.743. The SMILES string of the molecule is CC(=O)[C@H]1CC[C@H]2[C@@H]3CC[C@H]4C[C@H](OC(=O)[C@@H](NC(=O)[C@@H](N)Cc5ccccc5)C(C)C)CC[C@]4(C)[C@H]3CC[C@]12C. The van der Waals surface area contributed by atoms with Crippen molar-refractivity contribution in [2.75, 3.05) is 0 Å². The molecule has 0 unspecified atom stereocenters. The number of Topliss-reactive ketones (excluding diaryl/α,β-unsaturated/α-hetero) is 1. The maximum absolute atomic E-state index is 13.4. The highest BCUT2D eigenvalue weighted by molar-refractivity contribution is 5.87. The molecule has 6 heteroatoms. The Morgan fingerprint density at radius 2 is 1.63 bits per heavy atom. The molecule has 4 saturated carbocycles. The van der Waals surface area contributed by atoms with Gasteiger partial charge in [-0.05, 0) is 117 Å². The number of hydrogen-bond donors (Lipinski definition) is 2. The van der Waals surface area contributed by atoms with E-state index in [2.05, 4.69) is 19.2 Å². The molecule has 0 heterocycles. The molecule has 0 radical (unpaired) electrons. The van der Waals surface area contributed by atoms with Crippen molar-refractivity contribution in [3.63, 3.8) is 0 Å². The molecule has 4 aliphatic carbocycles. The van der Waals surface area contributed by atoms with Crippen LogP contribution in [0.4, 0.5) is 0 Å². The zero-order valence-electron chi connectivity index (χ0n) is 25.9. The summed E-state index contributed by atoms with van der Waals surface area (Å²) in [7, 11) is 0. The molecule has 0 spiro atoms. The Morgan fingerprint density at radius 3 is 2.32 bits per heavy atom. The Bertz CT molecular complexity index is 1120. The second-order valence-corrected chi connectivity index (χ2v) is 14.8. The van der Waals surface area contributed by atoms with Gasteiger partial charge in [-0.1, -0.05) is 58.0 Å². The number of fused-ring (bicyclic) bond motifs is 5. The van der Waals surface area contributed by atoms with Crippen molar-refractivity contribution in [1.82, 2.24) is 5.32 Å². The van der Waals surface area contributed by atoms with Gasteiger partial charge in [0, 0.05) is 5.92 Å². The van der Waals surface area contributed by atoms with Gasteiger partial charge in [-0.2, -0.15) is 0 Å². The number of hydrogen-bond acceptors (Lipinski definition) is 5. The molecular weight excluding hydrogens is 512 g/mol. The Hall–Kier alpha value is -2.21. The largest absolute Gasteiger partial charge is 0.461 e. The highest BCUT2D eigenvalue weighted by Gasteiger charge is 2.61. The third-order valence-corrected chi connectivity index (χ3v) is 12.2. The van der Waals surface area contributed by atoms with Crippen molar-refractivity contribution in [2.24, 2.45) is 52.1 Å². The average Bonchev–Trinajstić information content (AvgIpc) is 3.29. The molecule has 4 fully saturated rings. The van der Waals surface area contributed by atoms with Crippen LogP contribution in [-0.4, -0.2) is 35.8 Å². The number of ketones is 1. The first-order valence-electron chi connectivity index (χ1n) is 16.2. The lowest BCUT2D eigenvalue weighted by atomic mass is 9.44. The van der Waals surface area contributed by atoms with Crippen molar-refractivity contribution in [3.05, 3.63) is 35.9 Å². The normalized spacial score (nSPS) is 37.7. The number of ether oxygens (including phenoxy) is 1. The van der Waals surface area contributed by atoms with E-state index in [1.54, 1.807) is 6.92 Å². The summed E-state index contributed by atoms with van der Waals surface area (Å²) in [5.74, 6) is 2.54. The quantitative estimate of drug-likeness (QED) is 0.386. The summed E-state index contributed by atoms with van der Waals surface area (Å²) in [6.45, 7) is 10.6. The van der Waals surface area contributed by atoms with E-state index < -0.39 is 12.1 Å². The van der Waals surface area contributed by atoms with Crippen LogP contribution in [0.3, 0.4) is 0 Å². The van der Waals surface area contributed by atoms with Crippen molar-refractivity contribution in [2.45, 2.75) is 117 Å². The van der Waals surface area contributed by atoms with Crippen molar-refractivity contribution >= 4 is 17.7 Å². The van der Waals surface area contributed by atoms with Gasteiger partial charge in [-0.25, -0.2) is 4.79 Å². The maximum Gasteiger partial charge on any atom is 0.329 e. The van der Waals surface area contributed by atoms with Crippen LogP contribution >= 0.6 is 0 Å². The number of nitrogens with two attached hydrogens (primary N) is 1. The van der Waals surface area contributed by atoms with E-state index in [1.807, 2.05) is 44.2 Å². The number of rotatable bonds is 8. The fourth-order valence-electron chi connectivity index (χ4n) is 9.95. The maximum atomic E-state index is 13.4. The minimum Gasteiger partial charge on any atom is -0.461 e. The zero-order chi connectivity index (χ0) is 29.5. The van der Waals surface area contributed by atoms with Crippen LogP contribution in [0.2, 0.25) is 0 Å². The Kier molecular flexibility index (Phi) is 8.72. The Morgan fingerprint density at radius 1 is 0.951 bits per heavy atom. The molecule has 41 heavy (non-hydrogen) atoms. The van der Waals surface area contributed by atoms with Crippen molar-refractivity contribution in [1.29, 1.82) is 0 Å². The van der Waals surface area contributed by atoms with Gasteiger partial charge in [0.1, 0.15) is 17.9 Å². The third kappa shape index (κ3) is 5.75. The Labute approximate surface area is 246 Å². The minimum atomic E-state index is -0.722. The summed E-state index contributed by atoms with van der Waals surface area (Å²) in [4.78, 5) is 38.8. The van der Waals surface area contributed by atoms with Gasteiger partial charge in [0.15, 0.2) is 0 Å². The van der Waals surface area contributed by atoms with E-state index in [4.69, 9.17) is 10.5 Å². The molecular formula is C35H52N2O4. The topological polar surface area (TPSA) is 98.5 Å². The van der Waals surface area contributed by atoms with E-state index in [9.17, 15) is 14.4 Å². The third-order valence-electron chi connectivity index (χ3n) is 12.2. The molecule has 0 aromatic heterocycles. The molecule has 226 valence electrons. The summed E-state index contributed by atoms with van der Waals surface area (Å²) in [6.07, 6.45) is 10.3. The highest BCUT2D eigenvalue weighted by atomic mass is 16.5. The predicted octanol–water partition coefficient (Wildman–Crippen LogP) is 5.86. The van der Waals surface area contributed by atoms with Gasteiger partial charge in [0.05, 0.1) is 6.04 Å². The summed E-state index contributed by atoms with van der Waals surface area (Å²) >= 11 is 0. The van der Waals surface area contributed by atoms with E-state index in [0.717, 1.165) is 37.2 Å². The lowest BCUT2D eigenvalue weighted by molar-refractivity contribution is -0.166. The van der Waals surface area contributed by atoms with Crippen LogP contribution in [0.25, 0.3) is 0 Å². The van der Waals surface area contributed by atoms with Gasteiger partial charge in [0.2, 0.25) is 5.91 Å². The zero-order valence-corrected chi connectivity index (χ0v) is 25.9. The first-order chi connectivity index (χ1) is 19.4. The van der Waals surface area contributed by atoms with Gasteiger partial charge in [-0.3, -0.25) is 9.59 Å². The van der Waals surface area contributed by atoms with Crippen LogP contribution < -0.4 is 11.1 Å².